The number of carbonyl (C=O) groups excluding carboxylic acids is 1. The quantitative estimate of drug-likeness (QED) is 0.720. The lowest BCUT2D eigenvalue weighted by Crippen LogP contribution is -2.32. The molecule has 15 heavy (non-hydrogen) atoms. The van der Waals surface area contributed by atoms with Gasteiger partial charge < -0.3 is 14.8 Å². The molecule has 0 fully saturated rings. The van der Waals surface area contributed by atoms with E-state index in [1.165, 1.54) is 12.3 Å². The van der Waals surface area contributed by atoms with Crippen molar-refractivity contribution in [1.29, 1.82) is 0 Å². The minimum atomic E-state index is -0.694. The number of aliphatic hydroxyl groups is 1. The Bertz CT molecular complexity index is 319. The number of hydrogen-bond acceptors (Lipinski definition) is 3. The topological polar surface area (TPSA) is 62.5 Å². The molecule has 0 aliphatic rings. The second kappa shape index (κ2) is 5.36. The Balaban J connectivity index is 2.41. The van der Waals surface area contributed by atoms with Gasteiger partial charge in [-0.15, -0.1) is 0 Å². The summed E-state index contributed by atoms with van der Waals surface area (Å²) in [5, 5.41) is 12.4. The van der Waals surface area contributed by atoms with E-state index in [9.17, 15) is 9.90 Å². The molecule has 82 valence electrons. The van der Waals surface area contributed by atoms with Crippen molar-refractivity contribution in [3.8, 4) is 0 Å². The van der Waals surface area contributed by atoms with Crippen LogP contribution >= 0.6 is 0 Å². The largest absolute Gasteiger partial charge is 0.467 e. The van der Waals surface area contributed by atoms with Crippen LogP contribution in [-0.2, 0) is 4.79 Å². The molecular formula is C11H15NO3. The molecule has 0 saturated heterocycles. The first-order valence-electron chi connectivity index (χ1n) is 4.78. The van der Waals surface area contributed by atoms with Crippen molar-refractivity contribution < 1.29 is 14.3 Å². The third kappa shape index (κ3) is 3.59. The summed E-state index contributed by atoms with van der Waals surface area (Å²) < 4.78 is 5.04. The molecule has 0 bridgehead atoms. The number of rotatable bonds is 5. The Hall–Kier alpha value is -1.55. The van der Waals surface area contributed by atoms with Gasteiger partial charge in [0.25, 0.3) is 0 Å². The fraction of sp³-hybridized carbons (Fsp3) is 0.364. The molecule has 1 heterocycles. The summed E-state index contributed by atoms with van der Waals surface area (Å²) in [4.78, 5) is 11.0. The molecular weight excluding hydrogens is 194 g/mol. The highest BCUT2D eigenvalue weighted by atomic mass is 16.4. The first kappa shape index (κ1) is 11.5. The standard InChI is InChI=1S/C11H15NO3/c1-3-11(14)12-8(2)7-9(13)10-5-4-6-15-10/h3-6,8-9,13H,1,7H2,2H3,(H,12,14)/t8-,9-/m1/s1. The maximum Gasteiger partial charge on any atom is 0.243 e. The third-order valence-corrected chi connectivity index (χ3v) is 2.02. The van der Waals surface area contributed by atoms with Gasteiger partial charge >= 0.3 is 0 Å². The molecule has 1 amide bonds. The molecule has 0 radical (unpaired) electrons. The van der Waals surface area contributed by atoms with Gasteiger partial charge in [0.2, 0.25) is 5.91 Å². The summed E-state index contributed by atoms with van der Waals surface area (Å²) in [7, 11) is 0. The van der Waals surface area contributed by atoms with Gasteiger partial charge in [-0.05, 0) is 25.1 Å². The van der Waals surface area contributed by atoms with Gasteiger partial charge in [-0.1, -0.05) is 6.58 Å². The molecule has 0 saturated carbocycles. The molecule has 2 N–H and O–H groups in total. The molecule has 1 aromatic heterocycles. The van der Waals surface area contributed by atoms with Crippen molar-refractivity contribution in [2.75, 3.05) is 0 Å². The number of amides is 1. The van der Waals surface area contributed by atoms with Crippen LogP contribution in [0, 0.1) is 0 Å². The van der Waals surface area contributed by atoms with Crippen LogP contribution in [0.2, 0.25) is 0 Å². The molecule has 0 spiro atoms. The molecule has 1 aromatic rings. The second-order valence-electron chi connectivity index (χ2n) is 3.38. The van der Waals surface area contributed by atoms with Gasteiger partial charge in [-0.3, -0.25) is 4.79 Å². The van der Waals surface area contributed by atoms with Crippen LogP contribution in [-0.4, -0.2) is 17.1 Å². The lowest BCUT2D eigenvalue weighted by molar-refractivity contribution is -0.117. The van der Waals surface area contributed by atoms with E-state index in [4.69, 9.17) is 4.42 Å². The monoisotopic (exact) mass is 209 g/mol. The predicted octanol–water partition coefficient (Wildman–Crippen LogP) is 1.39. The normalized spacial score (nSPS) is 14.3. The summed E-state index contributed by atoms with van der Waals surface area (Å²) in [5.41, 5.74) is 0. The van der Waals surface area contributed by atoms with E-state index in [0.29, 0.717) is 12.2 Å². The summed E-state index contributed by atoms with van der Waals surface area (Å²) >= 11 is 0. The van der Waals surface area contributed by atoms with Gasteiger partial charge in [-0.2, -0.15) is 0 Å². The van der Waals surface area contributed by atoms with Crippen LogP contribution in [0.4, 0.5) is 0 Å². The molecule has 4 nitrogen and oxygen atoms in total. The Morgan fingerprint density at radius 2 is 2.53 bits per heavy atom. The molecule has 0 aliphatic carbocycles. The highest BCUT2D eigenvalue weighted by Crippen LogP contribution is 2.18. The smallest absolute Gasteiger partial charge is 0.243 e. The van der Waals surface area contributed by atoms with E-state index >= 15 is 0 Å². The SMILES string of the molecule is C=CC(=O)N[C@H](C)C[C@@H](O)c1ccco1. The summed E-state index contributed by atoms with van der Waals surface area (Å²) in [6, 6.07) is 3.29. The van der Waals surface area contributed by atoms with E-state index in [1.54, 1.807) is 12.1 Å². The Labute approximate surface area is 88.6 Å². The van der Waals surface area contributed by atoms with E-state index < -0.39 is 6.10 Å². The number of furan rings is 1. The Morgan fingerprint density at radius 1 is 1.80 bits per heavy atom. The Kier molecular flexibility index (Phi) is 4.12. The fourth-order valence-corrected chi connectivity index (χ4v) is 1.29. The Morgan fingerprint density at radius 3 is 3.07 bits per heavy atom. The van der Waals surface area contributed by atoms with E-state index in [2.05, 4.69) is 11.9 Å². The highest BCUT2D eigenvalue weighted by molar-refractivity contribution is 5.87. The summed E-state index contributed by atoms with van der Waals surface area (Å²) in [6.45, 7) is 5.16. The van der Waals surface area contributed by atoms with Crippen LogP contribution in [0.25, 0.3) is 0 Å². The maximum atomic E-state index is 11.0. The zero-order valence-electron chi connectivity index (χ0n) is 8.64. The number of nitrogens with one attached hydrogen (secondary N) is 1. The van der Waals surface area contributed by atoms with Crippen molar-refractivity contribution in [2.24, 2.45) is 0 Å². The maximum absolute atomic E-state index is 11.0. The van der Waals surface area contributed by atoms with Crippen molar-refractivity contribution in [3.63, 3.8) is 0 Å². The predicted molar refractivity (Wildman–Crippen MR) is 56.1 cm³/mol. The van der Waals surface area contributed by atoms with Gasteiger partial charge in [-0.25, -0.2) is 0 Å². The highest BCUT2D eigenvalue weighted by Gasteiger charge is 2.15. The molecule has 0 unspecified atom stereocenters. The lowest BCUT2D eigenvalue weighted by atomic mass is 10.1. The van der Waals surface area contributed by atoms with Crippen LogP contribution in [0.1, 0.15) is 25.2 Å². The van der Waals surface area contributed by atoms with Crippen molar-refractivity contribution in [2.45, 2.75) is 25.5 Å². The number of carbonyl (C=O) groups is 1. The fourth-order valence-electron chi connectivity index (χ4n) is 1.29. The van der Waals surface area contributed by atoms with Crippen molar-refractivity contribution >= 4 is 5.91 Å². The number of aliphatic hydroxyl groups excluding tert-OH is 1. The lowest BCUT2D eigenvalue weighted by Gasteiger charge is -2.15. The molecule has 1 rings (SSSR count). The minimum Gasteiger partial charge on any atom is -0.467 e. The van der Waals surface area contributed by atoms with E-state index in [-0.39, 0.29) is 11.9 Å². The molecule has 4 heteroatoms. The van der Waals surface area contributed by atoms with Crippen molar-refractivity contribution in [3.05, 3.63) is 36.8 Å². The first-order valence-corrected chi connectivity index (χ1v) is 4.78. The molecule has 0 aromatic carbocycles. The summed E-state index contributed by atoms with van der Waals surface area (Å²) in [5.74, 6) is 0.267. The van der Waals surface area contributed by atoms with Gasteiger partial charge in [0, 0.05) is 12.5 Å². The van der Waals surface area contributed by atoms with Gasteiger partial charge in [0.05, 0.1) is 6.26 Å². The molecule has 2 atom stereocenters. The third-order valence-electron chi connectivity index (χ3n) is 2.02. The van der Waals surface area contributed by atoms with Crippen molar-refractivity contribution in [1.82, 2.24) is 5.32 Å². The average molecular weight is 209 g/mol. The average Bonchev–Trinajstić information content (AvgIpc) is 2.70. The minimum absolute atomic E-state index is 0.129. The zero-order valence-corrected chi connectivity index (χ0v) is 8.64. The summed E-state index contributed by atoms with van der Waals surface area (Å²) in [6.07, 6.45) is 2.43. The molecule has 0 aliphatic heterocycles. The van der Waals surface area contributed by atoms with Crippen LogP contribution < -0.4 is 5.32 Å². The van der Waals surface area contributed by atoms with E-state index in [0.717, 1.165) is 0 Å². The van der Waals surface area contributed by atoms with Gasteiger partial charge in [0.15, 0.2) is 0 Å². The van der Waals surface area contributed by atoms with E-state index in [1.807, 2.05) is 6.92 Å². The zero-order chi connectivity index (χ0) is 11.3. The first-order chi connectivity index (χ1) is 7.13. The van der Waals surface area contributed by atoms with Gasteiger partial charge in [0.1, 0.15) is 11.9 Å². The second-order valence-corrected chi connectivity index (χ2v) is 3.38. The van der Waals surface area contributed by atoms with Crippen LogP contribution in [0.5, 0.6) is 0 Å². The number of hydrogen-bond donors (Lipinski definition) is 2. The van der Waals surface area contributed by atoms with Crippen LogP contribution in [0.15, 0.2) is 35.5 Å². The van der Waals surface area contributed by atoms with Crippen LogP contribution in [0.3, 0.4) is 0 Å².